The number of thioether (sulfide) groups is 1. The molecule has 32 heavy (non-hydrogen) atoms. The highest BCUT2D eigenvalue weighted by molar-refractivity contribution is 7.98. The van der Waals surface area contributed by atoms with E-state index < -0.39 is 60.2 Å². The Balaban J connectivity index is 5.52. The van der Waals surface area contributed by atoms with Gasteiger partial charge in [-0.2, -0.15) is 11.8 Å². The van der Waals surface area contributed by atoms with Crippen molar-refractivity contribution in [3.8, 4) is 0 Å². The maximum Gasteiger partial charge on any atom is 0.326 e. The van der Waals surface area contributed by atoms with Crippen molar-refractivity contribution in [2.45, 2.75) is 71.1 Å². The zero-order valence-corrected chi connectivity index (χ0v) is 20.2. The maximum absolute atomic E-state index is 12.9. The van der Waals surface area contributed by atoms with Gasteiger partial charge in [0.05, 0.1) is 12.5 Å². The number of nitrogens with one attached hydrogen (secondary N) is 3. The van der Waals surface area contributed by atoms with Gasteiger partial charge in [-0.15, -0.1) is 0 Å². The molecule has 0 saturated carbocycles. The Morgan fingerprint density at radius 3 is 1.94 bits per heavy atom. The lowest BCUT2D eigenvalue weighted by Crippen LogP contribution is -2.59. The summed E-state index contributed by atoms with van der Waals surface area (Å²) >= 11 is 1.51. The van der Waals surface area contributed by atoms with E-state index in [9.17, 15) is 29.1 Å². The first-order valence-corrected chi connectivity index (χ1v) is 11.9. The van der Waals surface area contributed by atoms with E-state index in [-0.39, 0.29) is 11.8 Å². The summed E-state index contributed by atoms with van der Waals surface area (Å²) in [5, 5.41) is 16.7. The third-order valence-electron chi connectivity index (χ3n) is 5.03. The zero-order valence-electron chi connectivity index (χ0n) is 19.3. The lowest BCUT2D eigenvalue weighted by Gasteiger charge is -2.28. The fraction of sp³-hybridized carbons (Fsp3) is 0.750. The first-order valence-electron chi connectivity index (χ1n) is 10.5. The molecular weight excluding hydrogens is 438 g/mol. The Bertz CT molecular complexity index is 675. The second-order valence-corrected chi connectivity index (χ2v) is 9.05. The topological polar surface area (TPSA) is 194 Å². The van der Waals surface area contributed by atoms with Crippen LogP contribution in [-0.4, -0.2) is 70.9 Å². The van der Waals surface area contributed by atoms with Crippen molar-refractivity contribution in [1.82, 2.24) is 16.0 Å². The minimum absolute atomic E-state index is 0.352. The predicted octanol–water partition coefficient (Wildman–Crippen LogP) is -0.817. The van der Waals surface area contributed by atoms with E-state index in [0.29, 0.717) is 18.6 Å². The van der Waals surface area contributed by atoms with Gasteiger partial charge in [-0.25, -0.2) is 4.79 Å². The van der Waals surface area contributed by atoms with Gasteiger partial charge in [-0.3, -0.25) is 19.2 Å². The Morgan fingerprint density at radius 1 is 0.938 bits per heavy atom. The number of hydrogen-bond acceptors (Lipinski definition) is 7. The van der Waals surface area contributed by atoms with E-state index in [2.05, 4.69) is 16.0 Å². The van der Waals surface area contributed by atoms with E-state index in [4.69, 9.17) is 11.5 Å². The lowest BCUT2D eigenvalue weighted by atomic mass is 9.96. The monoisotopic (exact) mass is 475 g/mol. The molecule has 0 heterocycles. The van der Waals surface area contributed by atoms with Crippen molar-refractivity contribution in [3.05, 3.63) is 0 Å². The van der Waals surface area contributed by atoms with Crippen LogP contribution in [0.3, 0.4) is 0 Å². The summed E-state index contributed by atoms with van der Waals surface area (Å²) in [7, 11) is 0. The number of nitrogens with two attached hydrogens (primary N) is 2. The quantitative estimate of drug-likeness (QED) is 0.177. The van der Waals surface area contributed by atoms with Gasteiger partial charge in [-0.05, 0) is 30.3 Å². The van der Waals surface area contributed by atoms with Gasteiger partial charge >= 0.3 is 5.97 Å². The summed E-state index contributed by atoms with van der Waals surface area (Å²) in [6, 6.07) is -4.41. The molecule has 0 aliphatic rings. The highest BCUT2D eigenvalue weighted by Crippen LogP contribution is 2.11. The molecule has 0 radical (unpaired) electrons. The summed E-state index contributed by atoms with van der Waals surface area (Å²) in [5.41, 5.74) is 11.0. The van der Waals surface area contributed by atoms with Crippen LogP contribution in [0.1, 0.15) is 47.0 Å². The fourth-order valence-electron chi connectivity index (χ4n) is 2.78. The lowest BCUT2D eigenvalue weighted by molar-refractivity contribution is -0.144. The average molecular weight is 476 g/mol. The summed E-state index contributed by atoms with van der Waals surface area (Å²) < 4.78 is 0. The van der Waals surface area contributed by atoms with Gasteiger partial charge in [-0.1, -0.05) is 34.1 Å². The van der Waals surface area contributed by atoms with Crippen LogP contribution in [0.2, 0.25) is 0 Å². The maximum atomic E-state index is 12.9. The second kappa shape index (κ2) is 14.7. The Hall–Kier alpha value is -2.34. The molecule has 0 aromatic carbocycles. The molecule has 11 nitrogen and oxygen atoms in total. The second-order valence-electron chi connectivity index (χ2n) is 8.06. The molecule has 0 aromatic heterocycles. The molecule has 0 aliphatic carbocycles. The number of carbonyl (C=O) groups excluding carboxylic acids is 4. The number of rotatable bonds is 15. The van der Waals surface area contributed by atoms with Gasteiger partial charge in [0.1, 0.15) is 18.1 Å². The summed E-state index contributed by atoms with van der Waals surface area (Å²) in [4.78, 5) is 60.9. The number of aliphatic carboxylic acids is 1. The standard InChI is InChI=1S/C20H37N5O6S/c1-6-11(4)16(19(29)24-15(10(2)3)20(30)31)25-18(28)13(9-14(22)26)23-17(27)12(21)7-8-32-5/h10-13,15-16H,6-9,21H2,1-5H3,(H2,22,26)(H,23,27)(H,24,29)(H,25,28)(H,30,31). The fourth-order valence-corrected chi connectivity index (χ4v) is 3.27. The SMILES string of the molecule is CCC(C)C(NC(=O)C(CC(N)=O)NC(=O)C(N)CCSC)C(=O)NC(C(=O)O)C(C)C. The number of amides is 4. The molecule has 5 atom stereocenters. The smallest absolute Gasteiger partial charge is 0.326 e. The zero-order chi connectivity index (χ0) is 25.0. The van der Waals surface area contributed by atoms with Crippen LogP contribution in [0.15, 0.2) is 0 Å². The van der Waals surface area contributed by atoms with E-state index >= 15 is 0 Å². The van der Waals surface area contributed by atoms with Crippen LogP contribution in [-0.2, 0) is 24.0 Å². The molecule has 0 aliphatic heterocycles. The number of carboxylic acids is 1. The third kappa shape index (κ3) is 10.3. The first-order chi connectivity index (χ1) is 14.8. The molecule has 12 heteroatoms. The van der Waals surface area contributed by atoms with Gasteiger partial charge in [0, 0.05) is 0 Å². The molecule has 0 fully saturated rings. The highest BCUT2D eigenvalue weighted by Gasteiger charge is 2.34. The van der Waals surface area contributed by atoms with Crippen molar-refractivity contribution >= 4 is 41.4 Å². The molecule has 0 spiro atoms. The Kier molecular flexibility index (Phi) is 13.6. The van der Waals surface area contributed by atoms with Crippen LogP contribution in [0.4, 0.5) is 0 Å². The molecule has 0 aromatic rings. The van der Waals surface area contributed by atoms with Crippen LogP contribution in [0.5, 0.6) is 0 Å². The average Bonchev–Trinajstić information content (AvgIpc) is 2.71. The Morgan fingerprint density at radius 2 is 1.50 bits per heavy atom. The van der Waals surface area contributed by atoms with E-state index in [1.54, 1.807) is 20.8 Å². The van der Waals surface area contributed by atoms with Gasteiger partial charge in [0.2, 0.25) is 23.6 Å². The first kappa shape index (κ1) is 29.7. The van der Waals surface area contributed by atoms with Crippen molar-refractivity contribution in [1.29, 1.82) is 0 Å². The van der Waals surface area contributed by atoms with Gasteiger partial charge < -0.3 is 32.5 Å². The van der Waals surface area contributed by atoms with E-state index in [1.807, 2.05) is 13.2 Å². The van der Waals surface area contributed by atoms with E-state index in [0.717, 1.165) is 0 Å². The van der Waals surface area contributed by atoms with Gasteiger partial charge in [0.25, 0.3) is 0 Å². The number of primary amides is 1. The summed E-state index contributed by atoms with van der Waals surface area (Å²) in [6.07, 6.45) is 2.26. The molecule has 0 rings (SSSR count). The van der Waals surface area contributed by atoms with E-state index in [1.165, 1.54) is 11.8 Å². The van der Waals surface area contributed by atoms with Crippen LogP contribution >= 0.6 is 11.8 Å². The Labute approximate surface area is 193 Å². The van der Waals surface area contributed by atoms with Crippen LogP contribution in [0, 0.1) is 11.8 Å². The minimum Gasteiger partial charge on any atom is -0.480 e. The molecule has 8 N–H and O–H groups in total. The molecule has 0 saturated heterocycles. The number of hydrogen-bond donors (Lipinski definition) is 6. The summed E-state index contributed by atoms with van der Waals surface area (Å²) in [6.45, 7) is 6.82. The molecule has 5 unspecified atom stereocenters. The highest BCUT2D eigenvalue weighted by atomic mass is 32.2. The number of carboxylic acid groups (broad SMARTS) is 1. The van der Waals surface area contributed by atoms with Crippen molar-refractivity contribution in [3.63, 3.8) is 0 Å². The van der Waals surface area contributed by atoms with Crippen molar-refractivity contribution < 1.29 is 29.1 Å². The van der Waals surface area contributed by atoms with Crippen LogP contribution < -0.4 is 27.4 Å². The molecule has 184 valence electrons. The molecular formula is C20H37N5O6S. The largest absolute Gasteiger partial charge is 0.480 e. The van der Waals surface area contributed by atoms with Crippen LogP contribution in [0.25, 0.3) is 0 Å². The molecule has 4 amide bonds. The third-order valence-corrected chi connectivity index (χ3v) is 5.68. The predicted molar refractivity (Wildman–Crippen MR) is 123 cm³/mol. The van der Waals surface area contributed by atoms with Crippen molar-refractivity contribution in [2.75, 3.05) is 12.0 Å². The number of carbonyl (C=O) groups is 5. The molecule has 0 bridgehead atoms. The summed E-state index contributed by atoms with van der Waals surface area (Å²) in [5.74, 6) is -4.18. The van der Waals surface area contributed by atoms with Crippen molar-refractivity contribution in [2.24, 2.45) is 23.3 Å². The van der Waals surface area contributed by atoms with Gasteiger partial charge in [0.15, 0.2) is 0 Å². The normalized spacial score (nSPS) is 15.7. The minimum atomic E-state index is -1.32.